The van der Waals surface area contributed by atoms with Crippen LogP contribution in [0.15, 0.2) is 0 Å². The molecule has 0 bridgehead atoms. The molecule has 15 heavy (non-hydrogen) atoms. The summed E-state index contributed by atoms with van der Waals surface area (Å²) in [6, 6.07) is 0. The van der Waals surface area contributed by atoms with Gasteiger partial charge in [-0.25, -0.2) is 0 Å². The van der Waals surface area contributed by atoms with Gasteiger partial charge in [0.25, 0.3) is 0 Å². The van der Waals surface area contributed by atoms with Crippen LogP contribution in [0, 0.1) is 10.8 Å². The van der Waals surface area contributed by atoms with Crippen LogP contribution < -0.4 is 0 Å². The van der Waals surface area contributed by atoms with E-state index >= 15 is 0 Å². The zero-order valence-corrected chi connectivity index (χ0v) is 12.3. The average molecular weight is 229 g/mol. The molecular weight excluding hydrogens is 202 g/mol. The minimum Gasteiger partial charge on any atom is -0.369 e. The average Bonchev–Trinajstić information content (AvgIpc) is 1.95. The Morgan fingerprint density at radius 1 is 1.00 bits per heavy atom. The summed E-state index contributed by atoms with van der Waals surface area (Å²) in [7, 11) is 2.11. The molecule has 0 aliphatic carbocycles. The lowest BCUT2D eigenvalue weighted by Crippen LogP contribution is -2.31. The first-order valence-corrected chi connectivity index (χ1v) is 6.16. The van der Waals surface area contributed by atoms with Crippen LogP contribution in [0.4, 0.5) is 0 Å². The monoisotopic (exact) mass is 229 g/mol. The summed E-state index contributed by atoms with van der Waals surface area (Å²) in [4.78, 5) is 3.32. The Kier molecular flexibility index (Phi) is 5.25. The fraction of sp³-hybridized carbons (Fsp3) is 0.923. The maximum absolute atomic E-state index is 5.44. The summed E-state index contributed by atoms with van der Waals surface area (Å²) < 4.78 is 0. The summed E-state index contributed by atoms with van der Waals surface area (Å²) >= 11 is 5.44. The van der Waals surface area contributed by atoms with Crippen LogP contribution in [-0.2, 0) is 0 Å². The van der Waals surface area contributed by atoms with E-state index < -0.39 is 0 Å². The van der Waals surface area contributed by atoms with Crippen molar-refractivity contribution < 1.29 is 0 Å². The summed E-state index contributed by atoms with van der Waals surface area (Å²) in [6.45, 7) is 14.6. The number of thiocarbonyl (C=S) groups is 1. The van der Waals surface area contributed by atoms with Crippen molar-refractivity contribution in [2.24, 2.45) is 10.8 Å². The molecule has 0 aliphatic rings. The van der Waals surface area contributed by atoms with Gasteiger partial charge in [0, 0.05) is 20.0 Å². The number of hydrogen-bond acceptors (Lipinski definition) is 1. The van der Waals surface area contributed by atoms with E-state index in [0.29, 0.717) is 10.8 Å². The third-order valence-electron chi connectivity index (χ3n) is 2.30. The normalized spacial score (nSPS) is 12.7. The first-order chi connectivity index (χ1) is 6.51. The highest BCUT2D eigenvalue weighted by molar-refractivity contribution is 7.80. The van der Waals surface area contributed by atoms with Gasteiger partial charge in [-0.1, -0.05) is 53.8 Å². The first kappa shape index (κ1) is 14.9. The zero-order valence-electron chi connectivity index (χ0n) is 11.5. The predicted molar refractivity (Wildman–Crippen MR) is 73.4 cm³/mol. The lowest BCUT2D eigenvalue weighted by Gasteiger charge is -2.28. The van der Waals surface area contributed by atoms with E-state index in [1.807, 2.05) is 0 Å². The minimum absolute atomic E-state index is 0.299. The van der Waals surface area contributed by atoms with Gasteiger partial charge in [-0.2, -0.15) is 0 Å². The second-order valence-electron chi connectivity index (χ2n) is 6.86. The first-order valence-electron chi connectivity index (χ1n) is 5.75. The fourth-order valence-corrected chi connectivity index (χ4v) is 1.74. The van der Waals surface area contributed by atoms with Crippen molar-refractivity contribution in [3.8, 4) is 0 Å². The molecule has 1 nitrogen and oxygen atoms in total. The van der Waals surface area contributed by atoms with Crippen LogP contribution in [0.25, 0.3) is 0 Å². The van der Waals surface area contributed by atoms with E-state index in [2.05, 4.69) is 53.5 Å². The van der Waals surface area contributed by atoms with E-state index in [-0.39, 0.29) is 0 Å². The van der Waals surface area contributed by atoms with Crippen molar-refractivity contribution >= 4 is 17.2 Å². The topological polar surface area (TPSA) is 3.24 Å². The summed E-state index contributed by atoms with van der Waals surface area (Å²) in [5.74, 6) is 0. The van der Waals surface area contributed by atoms with Gasteiger partial charge in [0.05, 0.1) is 4.99 Å². The van der Waals surface area contributed by atoms with Gasteiger partial charge in [-0.05, 0) is 17.3 Å². The molecule has 0 saturated carbocycles. The summed E-state index contributed by atoms with van der Waals surface area (Å²) in [5.41, 5.74) is 0.693. The van der Waals surface area contributed by atoms with Gasteiger partial charge >= 0.3 is 0 Å². The maximum Gasteiger partial charge on any atom is 0.0781 e. The molecule has 0 rings (SSSR count). The van der Waals surface area contributed by atoms with E-state index in [4.69, 9.17) is 12.2 Å². The standard InChI is InChI=1S/C13H27NS/c1-12(2,3)8-9-14(7)11(15)10-13(4,5)6/h8-10H2,1-7H3. The Labute approximate surface area is 101 Å². The van der Waals surface area contributed by atoms with Gasteiger partial charge in [0.1, 0.15) is 0 Å². The van der Waals surface area contributed by atoms with Gasteiger partial charge < -0.3 is 4.90 Å². The van der Waals surface area contributed by atoms with Crippen LogP contribution in [0.1, 0.15) is 54.4 Å². The Bertz CT molecular complexity index is 208. The second kappa shape index (κ2) is 5.29. The van der Waals surface area contributed by atoms with E-state index in [9.17, 15) is 0 Å². The highest BCUT2D eigenvalue weighted by Gasteiger charge is 2.17. The Morgan fingerprint density at radius 3 is 1.80 bits per heavy atom. The van der Waals surface area contributed by atoms with E-state index in [0.717, 1.165) is 18.0 Å². The third kappa shape index (κ3) is 8.86. The van der Waals surface area contributed by atoms with Crippen molar-refractivity contribution in [3.05, 3.63) is 0 Å². The Morgan fingerprint density at radius 2 is 1.47 bits per heavy atom. The smallest absolute Gasteiger partial charge is 0.0781 e. The maximum atomic E-state index is 5.44. The van der Waals surface area contributed by atoms with Crippen LogP contribution in [-0.4, -0.2) is 23.5 Å². The molecule has 0 unspecified atom stereocenters. The van der Waals surface area contributed by atoms with Crippen LogP contribution >= 0.6 is 12.2 Å². The number of nitrogens with zero attached hydrogens (tertiary/aromatic N) is 1. The molecule has 0 fully saturated rings. The minimum atomic E-state index is 0.299. The van der Waals surface area contributed by atoms with Crippen LogP contribution in [0.2, 0.25) is 0 Å². The molecule has 0 aromatic heterocycles. The molecule has 0 heterocycles. The SMILES string of the molecule is CN(CCC(C)(C)C)C(=S)CC(C)(C)C. The molecule has 0 radical (unpaired) electrons. The molecular formula is C13H27NS. The predicted octanol–water partition coefficient (Wildman–Crippen LogP) is 4.12. The van der Waals surface area contributed by atoms with Crippen molar-refractivity contribution in [1.29, 1.82) is 0 Å². The molecule has 0 aromatic carbocycles. The van der Waals surface area contributed by atoms with Gasteiger partial charge in [-0.15, -0.1) is 0 Å². The summed E-state index contributed by atoms with van der Waals surface area (Å²) in [5, 5.41) is 0. The van der Waals surface area contributed by atoms with Crippen LogP contribution in [0.5, 0.6) is 0 Å². The van der Waals surface area contributed by atoms with Crippen molar-refractivity contribution in [2.45, 2.75) is 54.4 Å². The molecule has 0 spiro atoms. The number of hydrogen-bond donors (Lipinski definition) is 0. The molecule has 0 N–H and O–H groups in total. The Hall–Kier alpha value is -0.110. The molecule has 0 aromatic rings. The van der Waals surface area contributed by atoms with Crippen molar-refractivity contribution in [2.75, 3.05) is 13.6 Å². The molecule has 2 heteroatoms. The lowest BCUT2D eigenvalue weighted by atomic mass is 9.90. The molecule has 90 valence electrons. The fourth-order valence-electron chi connectivity index (χ4n) is 1.22. The molecule has 0 aliphatic heterocycles. The highest BCUT2D eigenvalue weighted by Crippen LogP contribution is 2.22. The quantitative estimate of drug-likeness (QED) is 0.670. The largest absolute Gasteiger partial charge is 0.369 e. The number of rotatable bonds is 3. The lowest BCUT2D eigenvalue weighted by molar-refractivity contribution is 0.322. The van der Waals surface area contributed by atoms with Gasteiger partial charge in [0.15, 0.2) is 0 Å². The third-order valence-corrected chi connectivity index (χ3v) is 2.76. The van der Waals surface area contributed by atoms with Crippen molar-refractivity contribution in [3.63, 3.8) is 0 Å². The van der Waals surface area contributed by atoms with E-state index in [1.165, 1.54) is 6.42 Å². The Balaban J connectivity index is 4.01. The van der Waals surface area contributed by atoms with Gasteiger partial charge in [-0.3, -0.25) is 0 Å². The highest BCUT2D eigenvalue weighted by atomic mass is 32.1. The second-order valence-corrected chi connectivity index (χ2v) is 7.33. The molecule has 0 saturated heterocycles. The van der Waals surface area contributed by atoms with Crippen LogP contribution in [0.3, 0.4) is 0 Å². The van der Waals surface area contributed by atoms with E-state index in [1.54, 1.807) is 0 Å². The zero-order chi connectivity index (χ0) is 12.3. The molecule has 0 atom stereocenters. The van der Waals surface area contributed by atoms with Gasteiger partial charge in [0.2, 0.25) is 0 Å². The molecule has 0 amide bonds. The van der Waals surface area contributed by atoms with Crippen molar-refractivity contribution in [1.82, 2.24) is 4.90 Å². The summed E-state index contributed by atoms with van der Waals surface area (Å²) in [6.07, 6.45) is 2.19.